The molecule has 16 heavy (non-hydrogen) atoms. The number of piperidine rings is 1. The van der Waals surface area contributed by atoms with E-state index in [0.717, 1.165) is 24.8 Å². The van der Waals surface area contributed by atoms with Crippen LogP contribution in [0, 0.1) is 11.8 Å². The molecule has 5 nitrogen and oxygen atoms in total. The lowest BCUT2D eigenvalue weighted by Gasteiger charge is -2.35. The third kappa shape index (κ3) is 2.24. The zero-order chi connectivity index (χ0) is 11.5. The second-order valence-corrected chi connectivity index (χ2v) is 4.60. The van der Waals surface area contributed by atoms with E-state index in [2.05, 4.69) is 34.1 Å². The van der Waals surface area contributed by atoms with Gasteiger partial charge in [0.15, 0.2) is 5.82 Å². The molecule has 5 heteroatoms. The monoisotopic (exact) mass is 221 g/mol. The lowest BCUT2D eigenvalue weighted by molar-refractivity contribution is 0.322. The molecule has 2 rings (SSSR count). The molecule has 1 fully saturated rings. The van der Waals surface area contributed by atoms with Crippen molar-refractivity contribution in [2.45, 2.75) is 20.3 Å². The van der Waals surface area contributed by atoms with Gasteiger partial charge in [0.25, 0.3) is 0 Å². The summed E-state index contributed by atoms with van der Waals surface area (Å²) >= 11 is 0. The van der Waals surface area contributed by atoms with E-state index in [1.807, 2.05) is 0 Å². The summed E-state index contributed by atoms with van der Waals surface area (Å²) in [4.78, 5) is 10.8. The quantitative estimate of drug-likeness (QED) is 0.581. The predicted octanol–water partition coefficient (Wildman–Crippen LogP) is 1.24. The molecular weight excluding hydrogens is 202 g/mol. The van der Waals surface area contributed by atoms with E-state index in [0.29, 0.717) is 11.7 Å². The van der Waals surface area contributed by atoms with Crippen LogP contribution in [0.25, 0.3) is 0 Å². The van der Waals surface area contributed by atoms with Crippen molar-refractivity contribution in [1.82, 2.24) is 9.97 Å². The fourth-order valence-corrected chi connectivity index (χ4v) is 2.05. The molecule has 0 aromatic carbocycles. The maximum atomic E-state index is 5.33. The number of aromatic nitrogens is 2. The molecule has 0 bridgehead atoms. The van der Waals surface area contributed by atoms with Gasteiger partial charge >= 0.3 is 0 Å². The van der Waals surface area contributed by atoms with Gasteiger partial charge in [-0.3, -0.25) is 4.98 Å². The van der Waals surface area contributed by atoms with Crippen molar-refractivity contribution in [1.29, 1.82) is 0 Å². The van der Waals surface area contributed by atoms with Gasteiger partial charge in [0.2, 0.25) is 0 Å². The fraction of sp³-hybridized carbons (Fsp3) is 0.636. The Labute approximate surface area is 96.0 Å². The molecule has 0 radical (unpaired) electrons. The van der Waals surface area contributed by atoms with E-state index < -0.39 is 0 Å². The lowest BCUT2D eigenvalue weighted by atomic mass is 9.89. The molecule has 2 unspecified atom stereocenters. The number of nitrogens with zero attached hydrogens (tertiary/aromatic N) is 3. The number of hydrazine groups is 1. The summed E-state index contributed by atoms with van der Waals surface area (Å²) in [7, 11) is 0. The van der Waals surface area contributed by atoms with Gasteiger partial charge in [0.1, 0.15) is 5.82 Å². The molecule has 0 aliphatic carbocycles. The highest BCUT2D eigenvalue weighted by Crippen LogP contribution is 2.25. The molecule has 1 aromatic rings. The molecule has 88 valence electrons. The molecule has 1 aliphatic rings. The molecule has 1 aromatic heterocycles. The van der Waals surface area contributed by atoms with Gasteiger partial charge in [-0.25, -0.2) is 10.8 Å². The Morgan fingerprint density at radius 1 is 1.38 bits per heavy atom. The van der Waals surface area contributed by atoms with Gasteiger partial charge in [-0.1, -0.05) is 13.8 Å². The Morgan fingerprint density at radius 2 is 2.19 bits per heavy atom. The van der Waals surface area contributed by atoms with Gasteiger partial charge in [0, 0.05) is 13.1 Å². The highest BCUT2D eigenvalue weighted by molar-refractivity contribution is 5.43. The molecule has 3 N–H and O–H groups in total. The number of hydrogen-bond donors (Lipinski definition) is 2. The van der Waals surface area contributed by atoms with Crippen LogP contribution in [0.2, 0.25) is 0 Å². The van der Waals surface area contributed by atoms with E-state index in [-0.39, 0.29) is 0 Å². The second kappa shape index (κ2) is 4.65. The summed E-state index contributed by atoms with van der Waals surface area (Å²) in [6.45, 7) is 6.69. The number of nitrogens with two attached hydrogens (primary N) is 1. The molecular formula is C11H19N5. The van der Waals surface area contributed by atoms with Gasteiger partial charge in [-0.2, -0.15) is 0 Å². The van der Waals surface area contributed by atoms with E-state index in [1.54, 1.807) is 12.4 Å². The van der Waals surface area contributed by atoms with Crippen LogP contribution in [-0.2, 0) is 0 Å². The molecule has 1 aliphatic heterocycles. The van der Waals surface area contributed by atoms with Crippen LogP contribution >= 0.6 is 0 Å². The smallest absolute Gasteiger partial charge is 0.160 e. The summed E-state index contributed by atoms with van der Waals surface area (Å²) in [5, 5.41) is 0. The van der Waals surface area contributed by atoms with E-state index >= 15 is 0 Å². The first-order chi connectivity index (χ1) is 7.70. The Bertz CT molecular complexity index is 354. The van der Waals surface area contributed by atoms with E-state index in [4.69, 9.17) is 5.84 Å². The van der Waals surface area contributed by atoms with E-state index in [1.165, 1.54) is 6.42 Å². The van der Waals surface area contributed by atoms with Crippen LogP contribution in [-0.4, -0.2) is 23.1 Å². The van der Waals surface area contributed by atoms with Crippen LogP contribution in [0.3, 0.4) is 0 Å². The Hall–Kier alpha value is -1.36. The van der Waals surface area contributed by atoms with Crippen LogP contribution in [0.1, 0.15) is 20.3 Å². The zero-order valence-corrected chi connectivity index (χ0v) is 9.85. The lowest BCUT2D eigenvalue weighted by Crippen LogP contribution is -2.39. The summed E-state index contributed by atoms with van der Waals surface area (Å²) in [5.74, 6) is 8.34. The molecule has 2 heterocycles. The Morgan fingerprint density at radius 3 is 2.88 bits per heavy atom. The number of nitrogens with one attached hydrogen (secondary N) is 1. The number of rotatable bonds is 2. The van der Waals surface area contributed by atoms with Crippen LogP contribution in [0.4, 0.5) is 11.6 Å². The Kier molecular flexibility index (Phi) is 3.24. The molecule has 1 saturated heterocycles. The first-order valence-corrected chi connectivity index (χ1v) is 5.74. The van der Waals surface area contributed by atoms with Crippen LogP contribution in [0.15, 0.2) is 12.4 Å². The fourth-order valence-electron chi connectivity index (χ4n) is 2.05. The maximum absolute atomic E-state index is 5.33. The summed E-state index contributed by atoms with van der Waals surface area (Å²) in [6, 6.07) is 0. The maximum Gasteiger partial charge on any atom is 0.160 e. The molecule has 0 amide bonds. The second-order valence-electron chi connectivity index (χ2n) is 4.60. The highest BCUT2D eigenvalue weighted by Gasteiger charge is 2.23. The molecule has 2 atom stereocenters. The van der Waals surface area contributed by atoms with Gasteiger partial charge in [0.05, 0.1) is 12.4 Å². The zero-order valence-electron chi connectivity index (χ0n) is 9.85. The van der Waals surface area contributed by atoms with Crippen molar-refractivity contribution >= 4 is 11.6 Å². The van der Waals surface area contributed by atoms with Crippen molar-refractivity contribution in [2.24, 2.45) is 17.7 Å². The SMILES string of the molecule is CC1CCN(c2cncc(NN)n2)CC1C. The molecule has 0 spiro atoms. The van der Waals surface area contributed by atoms with Crippen molar-refractivity contribution in [3.63, 3.8) is 0 Å². The minimum Gasteiger partial charge on any atom is -0.355 e. The van der Waals surface area contributed by atoms with Gasteiger partial charge < -0.3 is 10.3 Å². The standard InChI is InChI=1S/C11H19N5/c1-8-3-4-16(7-9(8)2)11-6-13-5-10(14-11)15-12/h5-6,8-9H,3-4,7,12H2,1-2H3,(H,14,15). The average molecular weight is 221 g/mol. The van der Waals surface area contributed by atoms with Gasteiger partial charge in [-0.05, 0) is 18.3 Å². The predicted molar refractivity (Wildman–Crippen MR) is 65.0 cm³/mol. The van der Waals surface area contributed by atoms with Crippen molar-refractivity contribution in [2.75, 3.05) is 23.4 Å². The normalized spacial score (nSPS) is 25.6. The summed E-state index contributed by atoms with van der Waals surface area (Å²) in [6.07, 6.45) is 4.63. The number of hydrogen-bond acceptors (Lipinski definition) is 5. The van der Waals surface area contributed by atoms with E-state index in [9.17, 15) is 0 Å². The number of nitrogen functional groups attached to an aromatic ring is 1. The van der Waals surface area contributed by atoms with Crippen LogP contribution < -0.4 is 16.2 Å². The highest BCUT2D eigenvalue weighted by atomic mass is 15.3. The van der Waals surface area contributed by atoms with Crippen molar-refractivity contribution < 1.29 is 0 Å². The summed E-state index contributed by atoms with van der Waals surface area (Å²) in [5.41, 5.74) is 2.53. The average Bonchev–Trinajstić information content (AvgIpc) is 2.33. The minimum atomic E-state index is 0.615. The van der Waals surface area contributed by atoms with Crippen LogP contribution in [0.5, 0.6) is 0 Å². The third-order valence-corrected chi connectivity index (χ3v) is 3.43. The third-order valence-electron chi connectivity index (χ3n) is 3.43. The first kappa shape index (κ1) is 11.1. The molecule has 0 saturated carbocycles. The topological polar surface area (TPSA) is 67.1 Å². The van der Waals surface area contributed by atoms with Crippen molar-refractivity contribution in [3.05, 3.63) is 12.4 Å². The first-order valence-electron chi connectivity index (χ1n) is 5.74. The van der Waals surface area contributed by atoms with Crippen molar-refractivity contribution in [3.8, 4) is 0 Å². The Balaban J connectivity index is 2.12. The largest absolute Gasteiger partial charge is 0.355 e. The van der Waals surface area contributed by atoms with Gasteiger partial charge in [-0.15, -0.1) is 0 Å². The summed E-state index contributed by atoms with van der Waals surface area (Å²) < 4.78 is 0. The minimum absolute atomic E-state index is 0.615. The number of anilines is 2.